The molecule has 240 valence electrons. The molecular weight excluding hydrogens is 514 g/mol. The van der Waals surface area contributed by atoms with Gasteiger partial charge in [-0.25, -0.2) is 0 Å². The van der Waals surface area contributed by atoms with Crippen molar-refractivity contribution in [3.8, 4) is 17.9 Å². The average molecular weight is 582 g/mol. The summed E-state index contributed by atoms with van der Waals surface area (Å²) in [7, 11) is 0. The molecule has 0 saturated heterocycles. The van der Waals surface area contributed by atoms with Crippen LogP contribution in [0, 0.1) is 52.8 Å². The van der Waals surface area contributed by atoms with Crippen molar-refractivity contribution in [2.75, 3.05) is 6.61 Å². The molecule has 0 aromatic heterocycles. The summed E-state index contributed by atoms with van der Waals surface area (Å²) in [5.74, 6) is 10.1. The first-order chi connectivity index (χ1) is 20.6. The number of nitriles is 1. The summed E-state index contributed by atoms with van der Waals surface area (Å²) < 4.78 is 12.7. The fourth-order valence-corrected chi connectivity index (χ4v) is 7.98. The molecule has 0 aromatic carbocycles. The summed E-state index contributed by atoms with van der Waals surface area (Å²) in [4.78, 5) is 0. The lowest BCUT2D eigenvalue weighted by Gasteiger charge is -2.37. The number of ether oxygens (including phenoxy) is 2. The molecule has 0 amide bonds. The zero-order valence-electron chi connectivity index (χ0n) is 28.1. The zero-order valence-corrected chi connectivity index (χ0v) is 28.1. The van der Waals surface area contributed by atoms with Crippen LogP contribution in [0.2, 0.25) is 0 Å². The molecule has 3 nitrogen and oxygen atoms in total. The third kappa shape index (κ3) is 13.7. The number of unbranched alkanes of at least 4 members (excludes halogenated alkanes) is 10. The Hall–Kier alpha value is -1.03. The predicted molar refractivity (Wildman–Crippen MR) is 177 cm³/mol. The van der Waals surface area contributed by atoms with Crippen molar-refractivity contribution >= 4 is 0 Å². The molecule has 0 radical (unpaired) electrons. The van der Waals surface area contributed by atoms with E-state index in [4.69, 9.17) is 9.47 Å². The molecule has 3 aliphatic rings. The third-order valence-electron chi connectivity index (χ3n) is 10.8. The molecule has 0 spiro atoms. The van der Waals surface area contributed by atoms with E-state index in [0.29, 0.717) is 17.9 Å². The highest BCUT2D eigenvalue weighted by atomic mass is 16.5. The summed E-state index contributed by atoms with van der Waals surface area (Å²) in [6, 6.07) is 2.57. The maximum absolute atomic E-state index is 9.84. The van der Waals surface area contributed by atoms with Crippen LogP contribution >= 0.6 is 0 Å². The highest BCUT2D eigenvalue weighted by Gasteiger charge is 2.33. The lowest BCUT2D eigenvalue weighted by molar-refractivity contribution is -0.0472. The van der Waals surface area contributed by atoms with E-state index in [1.807, 2.05) is 0 Å². The second kappa shape index (κ2) is 21.6. The minimum atomic E-state index is 0.00584. The Morgan fingerprint density at radius 3 is 1.83 bits per heavy atom. The van der Waals surface area contributed by atoms with Gasteiger partial charge in [0.25, 0.3) is 0 Å². The first kappa shape index (κ1) is 35.4. The summed E-state index contributed by atoms with van der Waals surface area (Å²) >= 11 is 0. The molecule has 0 heterocycles. The van der Waals surface area contributed by atoms with Gasteiger partial charge < -0.3 is 9.47 Å². The Morgan fingerprint density at radius 1 is 0.643 bits per heavy atom. The van der Waals surface area contributed by atoms with Crippen LogP contribution in [0.4, 0.5) is 0 Å². The SMILES string of the molecule is CCCCCCCCCCOC1CCC(C2CCC(C#CC3CCC(OC(C)CCCCCC)C(C#N)C3)CC2)CC1. The minimum absolute atomic E-state index is 0.00584. The third-order valence-corrected chi connectivity index (χ3v) is 10.8. The second-order valence-corrected chi connectivity index (χ2v) is 14.4. The highest BCUT2D eigenvalue weighted by Crippen LogP contribution is 2.40. The lowest BCUT2D eigenvalue weighted by Crippen LogP contribution is -2.33. The van der Waals surface area contributed by atoms with Crippen molar-refractivity contribution in [1.82, 2.24) is 0 Å². The number of rotatable bonds is 18. The zero-order chi connectivity index (χ0) is 29.8. The summed E-state index contributed by atoms with van der Waals surface area (Å²) in [5.41, 5.74) is 0. The summed E-state index contributed by atoms with van der Waals surface area (Å²) in [6.07, 6.45) is 31.7. The molecule has 0 bridgehead atoms. The fraction of sp³-hybridized carbons (Fsp3) is 0.923. The van der Waals surface area contributed by atoms with E-state index >= 15 is 0 Å². The van der Waals surface area contributed by atoms with E-state index in [1.54, 1.807) is 0 Å². The van der Waals surface area contributed by atoms with Crippen molar-refractivity contribution in [1.29, 1.82) is 5.26 Å². The largest absolute Gasteiger partial charge is 0.378 e. The Labute approximate surface area is 261 Å². The van der Waals surface area contributed by atoms with Crippen LogP contribution in [0.5, 0.6) is 0 Å². The monoisotopic (exact) mass is 582 g/mol. The average Bonchev–Trinajstić information content (AvgIpc) is 3.02. The molecule has 3 heteroatoms. The first-order valence-electron chi connectivity index (χ1n) is 18.8. The Bertz CT molecular complexity index is 776. The van der Waals surface area contributed by atoms with Crippen molar-refractivity contribution in [3.05, 3.63) is 0 Å². The molecule has 0 N–H and O–H groups in total. The van der Waals surface area contributed by atoms with E-state index in [9.17, 15) is 5.26 Å². The molecule has 42 heavy (non-hydrogen) atoms. The molecule has 3 rings (SSSR count). The van der Waals surface area contributed by atoms with Gasteiger partial charge in [-0.05, 0) is 102 Å². The van der Waals surface area contributed by atoms with Gasteiger partial charge >= 0.3 is 0 Å². The Kier molecular flexibility index (Phi) is 18.3. The minimum Gasteiger partial charge on any atom is -0.378 e. The molecule has 4 unspecified atom stereocenters. The normalized spacial score (nSPS) is 30.7. The van der Waals surface area contributed by atoms with Crippen LogP contribution in [-0.2, 0) is 9.47 Å². The van der Waals surface area contributed by atoms with Gasteiger partial charge in [0, 0.05) is 18.4 Å². The van der Waals surface area contributed by atoms with E-state index in [-0.39, 0.29) is 18.1 Å². The van der Waals surface area contributed by atoms with Crippen molar-refractivity contribution in [2.24, 2.45) is 29.6 Å². The van der Waals surface area contributed by atoms with Crippen LogP contribution in [0.25, 0.3) is 0 Å². The van der Waals surface area contributed by atoms with E-state index in [1.165, 1.54) is 128 Å². The van der Waals surface area contributed by atoms with Gasteiger partial charge in [-0.3, -0.25) is 0 Å². The van der Waals surface area contributed by atoms with Crippen LogP contribution in [0.1, 0.15) is 175 Å². The highest BCUT2D eigenvalue weighted by molar-refractivity contribution is 5.11. The van der Waals surface area contributed by atoms with Crippen molar-refractivity contribution < 1.29 is 9.47 Å². The molecule has 0 aromatic rings. The van der Waals surface area contributed by atoms with Crippen LogP contribution in [0.3, 0.4) is 0 Å². The van der Waals surface area contributed by atoms with Gasteiger partial charge in [-0.2, -0.15) is 5.26 Å². The standard InChI is InChI=1S/C39H67NO2/c1-4-6-8-10-11-12-13-15-29-41-38-26-24-36(25-27-38)35-22-19-33(20-23-35)17-18-34-21-28-39(37(30-34)31-40)42-32(3)16-14-9-7-5-2/h32-39H,4-16,19-30H2,1-3H3. The van der Waals surface area contributed by atoms with Gasteiger partial charge in [0.15, 0.2) is 0 Å². The quantitative estimate of drug-likeness (QED) is 0.119. The maximum atomic E-state index is 9.84. The number of nitrogens with zero attached hydrogens (tertiary/aromatic N) is 1. The van der Waals surface area contributed by atoms with Crippen molar-refractivity contribution in [3.63, 3.8) is 0 Å². The molecule has 3 aliphatic carbocycles. The lowest BCUT2D eigenvalue weighted by atomic mass is 9.70. The summed E-state index contributed by atoms with van der Waals surface area (Å²) in [5, 5.41) is 9.84. The van der Waals surface area contributed by atoms with E-state index in [0.717, 1.165) is 44.1 Å². The van der Waals surface area contributed by atoms with Gasteiger partial charge in [0.2, 0.25) is 0 Å². The van der Waals surface area contributed by atoms with Crippen LogP contribution < -0.4 is 0 Å². The van der Waals surface area contributed by atoms with E-state index < -0.39 is 0 Å². The number of hydrogen-bond donors (Lipinski definition) is 0. The molecular formula is C39H67NO2. The first-order valence-corrected chi connectivity index (χ1v) is 18.8. The van der Waals surface area contributed by atoms with Gasteiger partial charge in [-0.1, -0.05) is 96.3 Å². The predicted octanol–water partition coefficient (Wildman–Crippen LogP) is 11.2. The van der Waals surface area contributed by atoms with Gasteiger partial charge in [0.05, 0.1) is 30.3 Å². The van der Waals surface area contributed by atoms with E-state index in [2.05, 4.69) is 38.7 Å². The maximum Gasteiger partial charge on any atom is 0.0737 e. The Balaban J connectivity index is 1.25. The molecule has 0 aliphatic heterocycles. The van der Waals surface area contributed by atoms with Gasteiger partial charge in [0.1, 0.15) is 0 Å². The number of hydrogen-bond acceptors (Lipinski definition) is 3. The van der Waals surface area contributed by atoms with Gasteiger partial charge in [-0.15, -0.1) is 0 Å². The molecule has 3 saturated carbocycles. The second-order valence-electron chi connectivity index (χ2n) is 14.4. The fourth-order valence-electron chi connectivity index (χ4n) is 7.98. The van der Waals surface area contributed by atoms with Crippen molar-refractivity contribution in [2.45, 2.75) is 193 Å². The molecule has 3 fully saturated rings. The van der Waals surface area contributed by atoms with Crippen LogP contribution in [-0.4, -0.2) is 24.9 Å². The smallest absolute Gasteiger partial charge is 0.0737 e. The topological polar surface area (TPSA) is 42.2 Å². The summed E-state index contributed by atoms with van der Waals surface area (Å²) in [6.45, 7) is 7.72. The van der Waals surface area contributed by atoms with Crippen LogP contribution in [0.15, 0.2) is 0 Å². The Morgan fingerprint density at radius 2 is 1.19 bits per heavy atom. The molecule has 4 atom stereocenters.